The average Bonchev–Trinajstić information content (AvgIpc) is 3.27. The number of ether oxygens (including phenoxy) is 2. The highest BCUT2D eigenvalue weighted by atomic mass is 35.5. The first kappa shape index (κ1) is 23.2. The van der Waals surface area contributed by atoms with E-state index in [1.165, 1.54) is 4.90 Å². The van der Waals surface area contributed by atoms with Crippen LogP contribution < -0.4 is 15.0 Å². The molecule has 1 aliphatic rings. The van der Waals surface area contributed by atoms with Crippen molar-refractivity contribution in [2.75, 3.05) is 30.5 Å². The predicted molar refractivity (Wildman–Crippen MR) is 130 cm³/mol. The fourth-order valence-corrected chi connectivity index (χ4v) is 4.46. The molecule has 0 spiro atoms. The van der Waals surface area contributed by atoms with E-state index in [9.17, 15) is 9.59 Å². The van der Waals surface area contributed by atoms with Gasteiger partial charge in [0, 0.05) is 35.2 Å². The quantitative estimate of drug-likeness (QED) is 0.524. The smallest absolute Gasteiger partial charge is 0.268 e. The molecular formula is C24H24ClN3O4S. The van der Waals surface area contributed by atoms with Crippen LogP contribution in [0.3, 0.4) is 0 Å². The summed E-state index contributed by atoms with van der Waals surface area (Å²) >= 11 is 7.72. The maximum Gasteiger partial charge on any atom is 0.268 e. The summed E-state index contributed by atoms with van der Waals surface area (Å²) in [5.74, 6) is -0.0631. The summed E-state index contributed by atoms with van der Waals surface area (Å²) < 4.78 is 10.9. The number of thiazole rings is 1. The Morgan fingerprint density at radius 3 is 2.88 bits per heavy atom. The number of halogens is 1. The summed E-state index contributed by atoms with van der Waals surface area (Å²) in [6.45, 7) is 4.02. The van der Waals surface area contributed by atoms with E-state index in [-0.39, 0.29) is 18.4 Å². The van der Waals surface area contributed by atoms with Crippen molar-refractivity contribution in [3.63, 3.8) is 0 Å². The second-order valence-corrected chi connectivity index (χ2v) is 9.10. The Hall–Kier alpha value is -2.94. The summed E-state index contributed by atoms with van der Waals surface area (Å²) in [6, 6.07) is 10.8. The number of anilines is 2. The Morgan fingerprint density at radius 1 is 1.30 bits per heavy atom. The molecule has 1 unspecified atom stereocenters. The van der Waals surface area contributed by atoms with E-state index in [1.807, 2.05) is 36.6 Å². The molecule has 7 nitrogen and oxygen atoms in total. The van der Waals surface area contributed by atoms with E-state index in [0.717, 1.165) is 28.2 Å². The zero-order valence-electron chi connectivity index (χ0n) is 18.6. The first-order valence-corrected chi connectivity index (χ1v) is 11.7. The van der Waals surface area contributed by atoms with Gasteiger partial charge in [-0.25, -0.2) is 4.98 Å². The van der Waals surface area contributed by atoms with Gasteiger partial charge >= 0.3 is 0 Å². The minimum atomic E-state index is -0.690. The van der Waals surface area contributed by atoms with Crippen molar-refractivity contribution in [3.05, 3.63) is 57.4 Å². The van der Waals surface area contributed by atoms with Crippen molar-refractivity contribution < 1.29 is 19.1 Å². The lowest BCUT2D eigenvalue weighted by Crippen LogP contribution is -2.47. The van der Waals surface area contributed by atoms with Gasteiger partial charge in [-0.15, -0.1) is 11.3 Å². The van der Waals surface area contributed by atoms with Crippen LogP contribution in [-0.2, 0) is 20.7 Å². The van der Waals surface area contributed by atoms with Crippen LogP contribution in [0.25, 0.3) is 11.3 Å². The number of hydrogen-bond acceptors (Lipinski definition) is 6. The number of amides is 2. The van der Waals surface area contributed by atoms with Gasteiger partial charge in [-0.1, -0.05) is 17.7 Å². The second kappa shape index (κ2) is 9.91. The highest BCUT2D eigenvalue weighted by Gasteiger charge is 2.33. The lowest BCUT2D eigenvalue weighted by molar-refractivity contribution is -0.127. The van der Waals surface area contributed by atoms with Crippen molar-refractivity contribution >= 4 is 46.1 Å². The maximum atomic E-state index is 12.9. The third kappa shape index (κ3) is 5.19. The van der Waals surface area contributed by atoms with Crippen LogP contribution >= 0.6 is 22.9 Å². The lowest BCUT2D eigenvalue weighted by Gasteiger charge is -2.32. The van der Waals surface area contributed by atoms with Crippen molar-refractivity contribution in [3.8, 4) is 17.0 Å². The number of carbonyl (C=O) groups excluding carboxylic acids is 2. The van der Waals surface area contributed by atoms with Crippen LogP contribution in [0.15, 0.2) is 41.8 Å². The molecule has 0 aliphatic carbocycles. The van der Waals surface area contributed by atoms with E-state index in [1.54, 1.807) is 37.5 Å². The standard InChI is InChI=1S/C24H24ClN3O4S/c1-14-4-6-17(11-18(14)25)26-22(29)12-28-20-10-16(5-7-21(20)32-15(2)24(28)30)19-13-33-23(27-19)8-9-31-3/h4-7,10-11,13,15H,8-9,12H2,1-3H3,(H,26,29). The zero-order valence-corrected chi connectivity index (χ0v) is 20.1. The molecule has 0 saturated carbocycles. The molecule has 1 aliphatic heterocycles. The van der Waals surface area contributed by atoms with Gasteiger partial charge in [-0.2, -0.15) is 0 Å². The monoisotopic (exact) mass is 485 g/mol. The molecule has 0 bridgehead atoms. The number of hydrogen-bond donors (Lipinski definition) is 1. The molecule has 9 heteroatoms. The maximum absolute atomic E-state index is 12.9. The van der Waals surface area contributed by atoms with Crippen LogP contribution in [0.1, 0.15) is 17.5 Å². The number of aryl methyl sites for hydroxylation is 1. The molecule has 0 fully saturated rings. The number of rotatable bonds is 7. The number of benzene rings is 2. The Morgan fingerprint density at radius 2 is 2.12 bits per heavy atom. The normalized spacial score (nSPS) is 15.2. The molecule has 3 aromatic rings. The Balaban J connectivity index is 1.58. The molecule has 33 heavy (non-hydrogen) atoms. The summed E-state index contributed by atoms with van der Waals surface area (Å²) in [5, 5.41) is 6.32. The zero-order chi connectivity index (χ0) is 23.5. The number of aromatic nitrogens is 1. The van der Waals surface area contributed by atoms with Crippen LogP contribution in [0.5, 0.6) is 5.75 Å². The third-order valence-electron chi connectivity index (χ3n) is 5.29. The topological polar surface area (TPSA) is 80.8 Å². The minimum Gasteiger partial charge on any atom is -0.479 e. The second-order valence-electron chi connectivity index (χ2n) is 7.75. The summed E-state index contributed by atoms with van der Waals surface area (Å²) in [4.78, 5) is 31.8. The van der Waals surface area contributed by atoms with Crippen LogP contribution in [-0.4, -0.2) is 43.2 Å². The van der Waals surface area contributed by atoms with Gasteiger partial charge in [0.1, 0.15) is 12.3 Å². The third-order valence-corrected chi connectivity index (χ3v) is 6.61. The molecule has 2 amide bonds. The van der Waals surface area contributed by atoms with Crippen LogP contribution in [0, 0.1) is 6.92 Å². The average molecular weight is 486 g/mol. The van der Waals surface area contributed by atoms with Gasteiger partial charge in [-0.3, -0.25) is 14.5 Å². The van der Waals surface area contributed by atoms with Gasteiger partial charge in [0.25, 0.3) is 5.91 Å². The lowest BCUT2D eigenvalue weighted by atomic mass is 10.1. The Bertz CT molecular complexity index is 1200. The minimum absolute atomic E-state index is 0.148. The first-order chi connectivity index (χ1) is 15.9. The van der Waals surface area contributed by atoms with E-state index in [4.69, 9.17) is 21.1 Å². The molecule has 172 valence electrons. The highest BCUT2D eigenvalue weighted by molar-refractivity contribution is 7.09. The highest BCUT2D eigenvalue weighted by Crippen LogP contribution is 2.37. The van der Waals surface area contributed by atoms with E-state index < -0.39 is 6.10 Å². The van der Waals surface area contributed by atoms with Gasteiger partial charge in [0.15, 0.2) is 6.10 Å². The molecular weight excluding hydrogens is 462 g/mol. The Labute approximate surface area is 201 Å². The van der Waals surface area contributed by atoms with Gasteiger partial charge in [-0.05, 0) is 49.7 Å². The predicted octanol–water partition coefficient (Wildman–Crippen LogP) is 4.71. The Kier molecular flexibility index (Phi) is 6.97. The van der Waals surface area contributed by atoms with Crippen LogP contribution in [0.4, 0.5) is 11.4 Å². The van der Waals surface area contributed by atoms with Gasteiger partial charge < -0.3 is 14.8 Å². The van der Waals surface area contributed by atoms with Gasteiger partial charge in [0.2, 0.25) is 5.91 Å². The molecule has 2 aromatic carbocycles. The van der Waals surface area contributed by atoms with Crippen molar-refractivity contribution in [1.82, 2.24) is 4.98 Å². The molecule has 4 rings (SSSR count). The van der Waals surface area contributed by atoms with E-state index in [2.05, 4.69) is 10.3 Å². The SMILES string of the molecule is COCCc1nc(-c2ccc3c(c2)N(CC(=O)Nc2ccc(C)c(Cl)c2)C(=O)C(C)O3)cs1. The van der Waals surface area contributed by atoms with Crippen molar-refractivity contribution in [2.45, 2.75) is 26.4 Å². The number of methoxy groups -OCH3 is 1. The molecule has 0 saturated heterocycles. The molecule has 0 radical (unpaired) electrons. The van der Waals surface area contributed by atoms with Crippen LogP contribution in [0.2, 0.25) is 5.02 Å². The number of fused-ring (bicyclic) bond motifs is 1. The molecule has 1 N–H and O–H groups in total. The van der Waals surface area contributed by atoms with E-state index in [0.29, 0.717) is 28.8 Å². The summed E-state index contributed by atoms with van der Waals surface area (Å²) in [7, 11) is 1.66. The molecule has 1 atom stereocenters. The largest absolute Gasteiger partial charge is 0.479 e. The summed E-state index contributed by atoms with van der Waals surface area (Å²) in [6.07, 6.45) is 0.0467. The van der Waals surface area contributed by atoms with Gasteiger partial charge in [0.05, 0.1) is 23.0 Å². The van der Waals surface area contributed by atoms with E-state index >= 15 is 0 Å². The fraction of sp³-hybridized carbons (Fsp3) is 0.292. The van der Waals surface area contributed by atoms with Crippen molar-refractivity contribution in [1.29, 1.82) is 0 Å². The number of nitrogens with one attached hydrogen (secondary N) is 1. The number of nitrogens with zero attached hydrogens (tertiary/aromatic N) is 2. The molecule has 1 aromatic heterocycles. The first-order valence-electron chi connectivity index (χ1n) is 10.5. The fourth-order valence-electron chi connectivity index (χ4n) is 3.49. The number of carbonyl (C=O) groups is 2. The summed E-state index contributed by atoms with van der Waals surface area (Å²) in [5.41, 5.74) is 3.68. The van der Waals surface area contributed by atoms with Crippen molar-refractivity contribution in [2.24, 2.45) is 0 Å². The molecule has 2 heterocycles.